The van der Waals surface area contributed by atoms with E-state index < -0.39 is 0 Å². The maximum atomic E-state index is 5.57. The van der Waals surface area contributed by atoms with Gasteiger partial charge in [-0.3, -0.25) is 5.32 Å². The van der Waals surface area contributed by atoms with Gasteiger partial charge < -0.3 is 9.15 Å². The number of methoxy groups -OCH3 is 1. The first-order valence-electron chi connectivity index (χ1n) is 6.96. The average Bonchev–Trinajstić information content (AvgIpc) is 2.91. The highest BCUT2D eigenvalue weighted by atomic mass is 16.5. The van der Waals surface area contributed by atoms with Crippen LogP contribution in [0.4, 0.5) is 0 Å². The van der Waals surface area contributed by atoms with E-state index in [1.54, 1.807) is 13.3 Å². The SMILES string of the molecule is CCC(NC(C)c1ncc(C)o1)c1ccc(OC)cc1. The largest absolute Gasteiger partial charge is 0.497 e. The third kappa shape index (κ3) is 3.39. The Hall–Kier alpha value is -1.81. The summed E-state index contributed by atoms with van der Waals surface area (Å²) in [7, 11) is 1.68. The first-order chi connectivity index (χ1) is 9.63. The Labute approximate surface area is 120 Å². The van der Waals surface area contributed by atoms with Crippen molar-refractivity contribution in [2.45, 2.75) is 39.3 Å². The van der Waals surface area contributed by atoms with E-state index >= 15 is 0 Å². The highest BCUT2D eigenvalue weighted by Crippen LogP contribution is 2.23. The van der Waals surface area contributed by atoms with Gasteiger partial charge in [-0.25, -0.2) is 4.98 Å². The Bertz CT molecular complexity index is 534. The van der Waals surface area contributed by atoms with Gasteiger partial charge in [-0.15, -0.1) is 0 Å². The summed E-state index contributed by atoms with van der Waals surface area (Å²) in [5.41, 5.74) is 1.24. The van der Waals surface area contributed by atoms with Gasteiger partial charge in [-0.1, -0.05) is 19.1 Å². The molecule has 1 aromatic carbocycles. The molecule has 0 aliphatic rings. The Morgan fingerprint density at radius 3 is 2.50 bits per heavy atom. The van der Waals surface area contributed by atoms with Gasteiger partial charge in [-0.05, 0) is 38.0 Å². The highest BCUT2D eigenvalue weighted by Gasteiger charge is 2.17. The molecule has 1 aromatic heterocycles. The number of aromatic nitrogens is 1. The van der Waals surface area contributed by atoms with Crippen LogP contribution in [-0.4, -0.2) is 12.1 Å². The molecule has 0 spiro atoms. The van der Waals surface area contributed by atoms with E-state index in [0.717, 1.165) is 23.8 Å². The topological polar surface area (TPSA) is 47.3 Å². The van der Waals surface area contributed by atoms with Crippen molar-refractivity contribution in [2.24, 2.45) is 0 Å². The van der Waals surface area contributed by atoms with E-state index in [1.165, 1.54) is 5.56 Å². The molecule has 0 radical (unpaired) electrons. The number of ether oxygens (including phenoxy) is 1. The predicted molar refractivity (Wildman–Crippen MR) is 78.8 cm³/mol. The van der Waals surface area contributed by atoms with Crippen LogP contribution >= 0.6 is 0 Å². The van der Waals surface area contributed by atoms with Gasteiger partial charge in [0, 0.05) is 6.04 Å². The average molecular weight is 274 g/mol. The summed E-state index contributed by atoms with van der Waals surface area (Å²) in [4.78, 5) is 4.27. The predicted octanol–water partition coefficient (Wildman–Crippen LogP) is 3.79. The van der Waals surface area contributed by atoms with E-state index in [9.17, 15) is 0 Å². The van der Waals surface area contributed by atoms with Crippen LogP contribution in [0.3, 0.4) is 0 Å². The molecule has 0 amide bonds. The lowest BCUT2D eigenvalue weighted by molar-refractivity contribution is 0.367. The maximum Gasteiger partial charge on any atom is 0.211 e. The number of hydrogen-bond donors (Lipinski definition) is 1. The van der Waals surface area contributed by atoms with Crippen LogP contribution in [0.5, 0.6) is 5.75 Å². The molecule has 1 heterocycles. The molecular weight excluding hydrogens is 252 g/mol. The number of nitrogens with zero attached hydrogens (tertiary/aromatic N) is 1. The van der Waals surface area contributed by atoms with Gasteiger partial charge in [0.1, 0.15) is 11.5 Å². The molecular formula is C16H22N2O2. The molecule has 0 aliphatic carbocycles. The van der Waals surface area contributed by atoms with Crippen LogP contribution in [0.1, 0.15) is 49.6 Å². The van der Waals surface area contributed by atoms with E-state index in [0.29, 0.717) is 0 Å². The molecule has 2 rings (SSSR count). The van der Waals surface area contributed by atoms with E-state index in [4.69, 9.17) is 9.15 Å². The van der Waals surface area contributed by atoms with Crippen molar-refractivity contribution in [3.8, 4) is 5.75 Å². The number of rotatable bonds is 6. The van der Waals surface area contributed by atoms with Crippen molar-refractivity contribution >= 4 is 0 Å². The van der Waals surface area contributed by atoms with Crippen LogP contribution in [0, 0.1) is 6.92 Å². The van der Waals surface area contributed by atoms with Crippen LogP contribution in [0.2, 0.25) is 0 Å². The molecule has 20 heavy (non-hydrogen) atoms. The van der Waals surface area contributed by atoms with Crippen molar-refractivity contribution in [2.75, 3.05) is 7.11 Å². The van der Waals surface area contributed by atoms with Crippen molar-refractivity contribution in [3.63, 3.8) is 0 Å². The lowest BCUT2D eigenvalue weighted by Gasteiger charge is -2.21. The van der Waals surface area contributed by atoms with Crippen molar-refractivity contribution in [1.82, 2.24) is 10.3 Å². The lowest BCUT2D eigenvalue weighted by Crippen LogP contribution is -2.24. The molecule has 2 atom stereocenters. The maximum absolute atomic E-state index is 5.57. The van der Waals surface area contributed by atoms with Crippen LogP contribution in [0.15, 0.2) is 34.9 Å². The summed E-state index contributed by atoms with van der Waals surface area (Å²) in [5, 5.41) is 3.55. The zero-order chi connectivity index (χ0) is 14.5. The molecule has 1 N–H and O–H groups in total. The molecule has 2 unspecified atom stereocenters. The van der Waals surface area contributed by atoms with Gasteiger partial charge >= 0.3 is 0 Å². The zero-order valence-corrected chi connectivity index (χ0v) is 12.5. The number of nitrogens with one attached hydrogen (secondary N) is 1. The Kier molecular flexibility index (Phi) is 4.79. The van der Waals surface area contributed by atoms with Gasteiger partial charge in [0.25, 0.3) is 0 Å². The van der Waals surface area contributed by atoms with Crippen molar-refractivity contribution in [1.29, 1.82) is 0 Å². The summed E-state index contributed by atoms with van der Waals surface area (Å²) < 4.78 is 10.8. The normalized spacial score (nSPS) is 14.0. The summed E-state index contributed by atoms with van der Waals surface area (Å²) in [6.07, 6.45) is 2.75. The van der Waals surface area contributed by atoms with Crippen molar-refractivity contribution < 1.29 is 9.15 Å². The quantitative estimate of drug-likeness (QED) is 0.870. The van der Waals surface area contributed by atoms with Crippen LogP contribution in [0.25, 0.3) is 0 Å². The van der Waals surface area contributed by atoms with E-state index in [-0.39, 0.29) is 12.1 Å². The Balaban J connectivity index is 2.07. The first kappa shape index (κ1) is 14.6. The fraction of sp³-hybridized carbons (Fsp3) is 0.438. The molecule has 0 bridgehead atoms. The molecule has 0 saturated heterocycles. The molecule has 0 fully saturated rings. The summed E-state index contributed by atoms with van der Waals surface area (Å²) in [5.74, 6) is 2.44. The molecule has 4 heteroatoms. The molecule has 108 valence electrons. The van der Waals surface area contributed by atoms with Crippen LogP contribution < -0.4 is 10.1 Å². The summed E-state index contributed by atoms with van der Waals surface area (Å²) in [6.45, 7) is 6.14. The Morgan fingerprint density at radius 1 is 1.30 bits per heavy atom. The molecule has 4 nitrogen and oxygen atoms in total. The summed E-state index contributed by atoms with van der Waals surface area (Å²) in [6, 6.07) is 8.50. The molecule has 2 aromatic rings. The van der Waals surface area contributed by atoms with Gasteiger partial charge in [0.2, 0.25) is 5.89 Å². The number of oxazole rings is 1. The summed E-state index contributed by atoms with van der Waals surface area (Å²) >= 11 is 0. The monoisotopic (exact) mass is 274 g/mol. The van der Waals surface area contributed by atoms with Gasteiger partial charge in [0.05, 0.1) is 19.3 Å². The number of hydrogen-bond acceptors (Lipinski definition) is 4. The zero-order valence-electron chi connectivity index (χ0n) is 12.5. The highest BCUT2D eigenvalue weighted by molar-refractivity contribution is 5.29. The fourth-order valence-electron chi connectivity index (χ4n) is 2.23. The molecule has 0 aliphatic heterocycles. The van der Waals surface area contributed by atoms with Crippen molar-refractivity contribution in [3.05, 3.63) is 47.7 Å². The minimum absolute atomic E-state index is 0.0794. The third-order valence-electron chi connectivity index (χ3n) is 3.39. The minimum atomic E-state index is 0.0794. The second kappa shape index (κ2) is 6.57. The second-order valence-corrected chi connectivity index (χ2v) is 4.93. The number of benzene rings is 1. The lowest BCUT2D eigenvalue weighted by atomic mass is 10.0. The standard InChI is InChI=1S/C16H22N2O2/c1-5-15(13-6-8-14(19-4)9-7-13)18-12(3)16-17-10-11(2)20-16/h6-10,12,15,18H,5H2,1-4H3. The number of aryl methyl sites for hydroxylation is 1. The molecule has 0 saturated carbocycles. The van der Waals surface area contributed by atoms with Crippen LogP contribution in [-0.2, 0) is 0 Å². The Morgan fingerprint density at radius 2 is 2.00 bits per heavy atom. The smallest absolute Gasteiger partial charge is 0.211 e. The van der Waals surface area contributed by atoms with E-state index in [1.807, 2.05) is 19.1 Å². The third-order valence-corrected chi connectivity index (χ3v) is 3.39. The second-order valence-electron chi connectivity index (χ2n) is 4.93. The first-order valence-corrected chi connectivity index (χ1v) is 6.96. The van der Waals surface area contributed by atoms with E-state index in [2.05, 4.69) is 36.3 Å². The minimum Gasteiger partial charge on any atom is -0.497 e. The van der Waals surface area contributed by atoms with Gasteiger partial charge in [0.15, 0.2) is 0 Å². The fourth-order valence-corrected chi connectivity index (χ4v) is 2.23. The van der Waals surface area contributed by atoms with Gasteiger partial charge in [-0.2, -0.15) is 0 Å².